The highest BCUT2D eigenvalue weighted by atomic mass is 16.5. The summed E-state index contributed by atoms with van der Waals surface area (Å²) >= 11 is 0. The minimum atomic E-state index is -0.274. The topological polar surface area (TPSA) is 67.4 Å². The van der Waals surface area contributed by atoms with Crippen LogP contribution in [0.4, 0.5) is 4.79 Å². The molecule has 0 aliphatic heterocycles. The first kappa shape index (κ1) is 13.8. The van der Waals surface area contributed by atoms with Gasteiger partial charge in [0.2, 0.25) is 0 Å². The van der Waals surface area contributed by atoms with E-state index >= 15 is 0 Å². The van der Waals surface area contributed by atoms with Gasteiger partial charge in [0, 0.05) is 13.1 Å². The van der Waals surface area contributed by atoms with Crippen molar-refractivity contribution in [1.82, 2.24) is 10.6 Å². The molecule has 0 saturated heterocycles. The Balaban J connectivity index is 1.98. The van der Waals surface area contributed by atoms with Gasteiger partial charge in [-0.2, -0.15) is 0 Å². The van der Waals surface area contributed by atoms with E-state index in [0.29, 0.717) is 19.1 Å². The summed E-state index contributed by atoms with van der Waals surface area (Å²) in [5.74, 6) is 0.356. The Bertz CT molecular complexity index is 250. The van der Waals surface area contributed by atoms with Crippen LogP contribution in [0.1, 0.15) is 39.0 Å². The first-order valence-electron chi connectivity index (χ1n) is 6.39. The number of carbonyl (C=O) groups is 2. The molecule has 1 saturated carbocycles. The average Bonchev–Trinajstić information content (AvgIpc) is 2.79. The number of hydrogen-bond acceptors (Lipinski definition) is 3. The maximum absolute atomic E-state index is 11.4. The zero-order chi connectivity index (χ0) is 12.5. The molecule has 17 heavy (non-hydrogen) atoms. The van der Waals surface area contributed by atoms with Gasteiger partial charge in [0.1, 0.15) is 0 Å². The van der Waals surface area contributed by atoms with Gasteiger partial charge in [-0.3, -0.25) is 4.79 Å². The Morgan fingerprint density at radius 1 is 1.24 bits per heavy atom. The second-order valence-corrected chi connectivity index (χ2v) is 4.34. The molecule has 0 aromatic carbocycles. The van der Waals surface area contributed by atoms with E-state index in [-0.39, 0.29) is 18.4 Å². The predicted molar refractivity (Wildman–Crippen MR) is 64.6 cm³/mol. The summed E-state index contributed by atoms with van der Waals surface area (Å²) in [4.78, 5) is 22.4. The van der Waals surface area contributed by atoms with Crippen molar-refractivity contribution in [2.75, 3.05) is 19.7 Å². The van der Waals surface area contributed by atoms with Crippen molar-refractivity contribution < 1.29 is 14.3 Å². The Morgan fingerprint density at radius 3 is 2.59 bits per heavy atom. The zero-order valence-corrected chi connectivity index (χ0v) is 10.5. The fourth-order valence-electron chi connectivity index (χ4n) is 2.03. The fraction of sp³-hybridized carbons (Fsp3) is 0.833. The van der Waals surface area contributed by atoms with Crippen molar-refractivity contribution in [3.63, 3.8) is 0 Å². The van der Waals surface area contributed by atoms with Crippen LogP contribution in [0.3, 0.4) is 0 Å². The van der Waals surface area contributed by atoms with Crippen LogP contribution in [-0.4, -0.2) is 31.7 Å². The number of urea groups is 1. The lowest BCUT2D eigenvalue weighted by Crippen LogP contribution is -2.38. The van der Waals surface area contributed by atoms with Crippen molar-refractivity contribution in [3.8, 4) is 0 Å². The van der Waals surface area contributed by atoms with E-state index in [4.69, 9.17) is 4.74 Å². The molecule has 1 rings (SSSR count). The van der Waals surface area contributed by atoms with E-state index in [1.165, 1.54) is 25.7 Å². The number of carbonyl (C=O) groups excluding carboxylic acids is 2. The predicted octanol–water partition coefficient (Wildman–Crippen LogP) is 1.43. The molecule has 2 amide bonds. The van der Waals surface area contributed by atoms with Gasteiger partial charge in [-0.05, 0) is 25.7 Å². The molecule has 0 radical (unpaired) electrons. The standard InChI is InChI=1S/C12H22N2O3/c1-2-17-11(15)7-8-13-12(16)14-9-10-5-3-4-6-10/h10H,2-9H2,1H3,(H2,13,14,16). The number of esters is 1. The summed E-state index contributed by atoms with van der Waals surface area (Å²) in [6.45, 7) is 3.22. The maximum atomic E-state index is 11.4. The second-order valence-electron chi connectivity index (χ2n) is 4.34. The van der Waals surface area contributed by atoms with Gasteiger partial charge >= 0.3 is 12.0 Å². The van der Waals surface area contributed by atoms with Crippen LogP contribution < -0.4 is 10.6 Å². The highest BCUT2D eigenvalue weighted by molar-refractivity contribution is 5.75. The lowest BCUT2D eigenvalue weighted by atomic mass is 10.1. The Kier molecular flexibility index (Phi) is 6.43. The number of amides is 2. The summed E-state index contributed by atoms with van der Waals surface area (Å²) in [6, 6.07) is -0.193. The number of hydrogen-bond donors (Lipinski definition) is 2. The molecule has 0 bridgehead atoms. The molecule has 0 aromatic heterocycles. The van der Waals surface area contributed by atoms with Crippen molar-refractivity contribution in [2.45, 2.75) is 39.0 Å². The van der Waals surface area contributed by atoms with Crippen LogP contribution in [0.2, 0.25) is 0 Å². The third-order valence-corrected chi connectivity index (χ3v) is 2.95. The molecular weight excluding hydrogens is 220 g/mol. The Hall–Kier alpha value is -1.26. The summed E-state index contributed by atoms with van der Waals surface area (Å²) in [7, 11) is 0. The van der Waals surface area contributed by atoms with Crippen molar-refractivity contribution in [1.29, 1.82) is 0 Å². The van der Waals surface area contributed by atoms with Crippen LogP contribution in [0.15, 0.2) is 0 Å². The first-order chi connectivity index (χ1) is 8.22. The number of ether oxygens (including phenoxy) is 1. The average molecular weight is 242 g/mol. The molecule has 98 valence electrons. The van der Waals surface area contributed by atoms with E-state index in [9.17, 15) is 9.59 Å². The second kappa shape index (κ2) is 7.92. The van der Waals surface area contributed by atoms with E-state index in [1.807, 2.05) is 0 Å². The molecule has 1 fully saturated rings. The molecule has 0 heterocycles. The molecule has 1 aliphatic rings. The van der Waals surface area contributed by atoms with Crippen molar-refractivity contribution in [3.05, 3.63) is 0 Å². The number of nitrogens with one attached hydrogen (secondary N) is 2. The zero-order valence-electron chi connectivity index (χ0n) is 10.5. The molecular formula is C12H22N2O3. The van der Waals surface area contributed by atoms with Gasteiger partial charge < -0.3 is 15.4 Å². The SMILES string of the molecule is CCOC(=O)CCNC(=O)NCC1CCCC1. The lowest BCUT2D eigenvalue weighted by Gasteiger charge is -2.11. The minimum absolute atomic E-state index is 0.193. The minimum Gasteiger partial charge on any atom is -0.466 e. The van der Waals surface area contributed by atoms with Gasteiger partial charge in [-0.15, -0.1) is 0 Å². The highest BCUT2D eigenvalue weighted by Gasteiger charge is 2.15. The van der Waals surface area contributed by atoms with E-state index in [2.05, 4.69) is 10.6 Å². The molecule has 1 aliphatic carbocycles. The van der Waals surface area contributed by atoms with Crippen LogP contribution in [0.5, 0.6) is 0 Å². The van der Waals surface area contributed by atoms with E-state index in [1.54, 1.807) is 6.92 Å². The third-order valence-electron chi connectivity index (χ3n) is 2.95. The van der Waals surface area contributed by atoms with Crippen LogP contribution in [-0.2, 0) is 9.53 Å². The molecule has 5 nitrogen and oxygen atoms in total. The van der Waals surface area contributed by atoms with Gasteiger partial charge in [0.25, 0.3) is 0 Å². The quantitative estimate of drug-likeness (QED) is 0.692. The van der Waals surface area contributed by atoms with Crippen molar-refractivity contribution >= 4 is 12.0 Å². The summed E-state index contributed by atoms with van der Waals surface area (Å²) in [5, 5.41) is 5.47. The number of rotatable bonds is 6. The summed E-state index contributed by atoms with van der Waals surface area (Å²) < 4.78 is 4.75. The maximum Gasteiger partial charge on any atom is 0.314 e. The molecule has 0 atom stereocenters. The van der Waals surface area contributed by atoms with Crippen LogP contribution in [0.25, 0.3) is 0 Å². The first-order valence-corrected chi connectivity index (χ1v) is 6.39. The third kappa shape index (κ3) is 6.14. The van der Waals surface area contributed by atoms with Gasteiger partial charge in [-0.25, -0.2) is 4.79 Å². The highest BCUT2D eigenvalue weighted by Crippen LogP contribution is 2.23. The van der Waals surface area contributed by atoms with Crippen LogP contribution >= 0.6 is 0 Å². The molecule has 2 N–H and O–H groups in total. The Morgan fingerprint density at radius 2 is 1.94 bits per heavy atom. The summed E-state index contributed by atoms with van der Waals surface area (Å²) in [6.07, 6.45) is 5.20. The molecule has 0 spiro atoms. The van der Waals surface area contributed by atoms with Crippen molar-refractivity contribution in [2.24, 2.45) is 5.92 Å². The van der Waals surface area contributed by atoms with Crippen LogP contribution in [0, 0.1) is 5.92 Å². The van der Waals surface area contributed by atoms with E-state index in [0.717, 1.165) is 6.54 Å². The fourth-order valence-corrected chi connectivity index (χ4v) is 2.03. The monoisotopic (exact) mass is 242 g/mol. The normalized spacial score (nSPS) is 15.6. The van der Waals surface area contributed by atoms with Gasteiger partial charge in [0.05, 0.1) is 13.0 Å². The Labute approximate surface area is 102 Å². The molecule has 5 heteroatoms. The molecule has 0 aromatic rings. The largest absolute Gasteiger partial charge is 0.466 e. The summed E-state index contributed by atoms with van der Waals surface area (Å²) in [5.41, 5.74) is 0. The van der Waals surface area contributed by atoms with E-state index < -0.39 is 0 Å². The molecule has 0 unspecified atom stereocenters. The van der Waals surface area contributed by atoms with Gasteiger partial charge in [0.15, 0.2) is 0 Å². The van der Waals surface area contributed by atoms with Gasteiger partial charge in [-0.1, -0.05) is 12.8 Å². The lowest BCUT2D eigenvalue weighted by molar-refractivity contribution is -0.142. The smallest absolute Gasteiger partial charge is 0.314 e.